The second kappa shape index (κ2) is 9.53. The standard InChI is InChI=1S/C25H28FN3O3/c1-17-22(24(29-28-17)18-3-7-20(26)8-4-18)15-23(30)27-16-25(11-13-32-14-12-25)19-5-9-21(31-2)10-6-19/h3-10H,11-16H2,1-2H3,(H,27,30)(H,28,29). The minimum absolute atomic E-state index is 0.0720. The van der Waals surface area contributed by atoms with Crippen LogP contribution in [0.4, 0.5) is 4.39 Å². The number of hydrogen-bond donors (Lipinski definition) is 2. The summed E-state index contributed by atoms with van der Waals surface area (Å²) in [5.41, 5.74) is 4.10. The van der Waals surface area contributed by atoms with E-state index < -0.39 is 0 Å². The van der Waals surface area contributed by atoms with E-state index in [2.05, 4.69) is 27.6 Å². The van der Waals surface area contributed by atoms with Crippen LogP contribution in [0.3, 0.4) is 0 Å². The molecule has 1 aliphatic rings. The van der Waals surface area contributed by atoms with Gasteiger partial charge >= 0.3 is 0 Å². The third kappa shape index (κ3) is 4.67. The number of rotatable bonds is 7. The Hall–Kier alpha value is -3.19. The lowest BCUT2D eigenvalue weighted by Crippen LogP contribution is -2.45. The Morgan fingerprint density at radius 3 is 2.50 bits per heavy atom. The lowest BCUT2D eigenvalue weighted by Gasteiger charge is -2.38. The number of aromatic nitrogens is 2. The van der Waals surface area contributed by atoms with E-state index in [1.807, 2.05) is 19.1 Å². The van der Waals surface area contributed by atoms with Crippen molar-refractivity contribution in [3.8, 4) is 17.0 Å². The summed E-state index contributed by atoms with van der Waals surface area (Å²) in [7, 11) is 1.65. The number of nitrogens with one attached hydrogen (secondary N) is 2. The van der Waals surface area contributed by atoms with Gasteiger partial charge in [-0.1, -0.05) is 12.1 Å². The van der Waals surface area contributed by atoms with Crippen LogP contribution in [0.1, 0.15) is 29.7 Å². The number of methoxy groups -OCH3 is 1. The van der Waals surface area contributed by atoms with Gasteiger partial charge in [0.25, 0.3) is 0 Å². The number of amides is 1. The largest absolute Gasteiger partial charge is 0.497 e. The van der Waals surface area contributed by atoms with Crippen LogP contribution in [0.25, 0.3) is 11.3 Å². The summed E-state index contributed by atoms with van der Waals surface area (Å²) in [4.78, 5) is 13.0. The molecule has 2 heterocycles. The van der Waals surface area contributed by atoms with Gasteiger partial charge in [0, 0.05) is 42.0 Å². The van der Waals surface area contributed by atoms with Gasteiger partial charge in [0.05, 0.1) is 19.2 Å². The molecule has 7 heteroatoms. The van der Waals surface area contributed by atoms with Crippen molar-refractivity contribution in [3.05, 3.63) is 71.2 Å². The third-order valence-corrected chi connectivity index (χ3v) is 6.31. The van der Waals surface area contributed by atoms with Crippen LogP contribution in [-0.2, 0) is 21.4 Å². The highest BCUT2D eigenvalue weighted by molar-refractivity contribution is 5.81. The van der Waals surface area contributed by atoms with Crippen molar-refractivity contribution in [2.24, 2.45) is 0 Å². The van der Waals surface area contributed by atoms with Crippen molar-refractivity contribution in [2.75, 3.05) is 26.9 Å². The molecule has 6 nitrogen and oxygen atoms in total. The van der Waals surface area contributed by atoms with E-state index in [1.165, 1.54) is 17.7 Å². The van der Waals surface area contributed by atoms with Gasteiger partial charge in [-0.05, 0) is 61.7 Å². The average molecular weight is 438 g/mol. The van der Waals surface area contributed by atoms with E-state index in [0.717, 1.165) is 35.4 Å². The lowest BCUT2D eigenvalue weighted by molar-refractivity contribution is -0.121. The van der Waals surface area contributed by atoms with Crippen LogP contribution < -0.4 is 10.1 Å². The number of ether oxygens (including phenoxy) is 2. The van der Waals surface area contributed by atoms with Gasteiger partial charge in [0.15, 0.2) is 0 Å². The van der Waals surface area contributed by atoms with Gasteiger partial charge in [0.2, 0.25) is 5.91 Å². The van der Waals surface area contributed by atoms with Crippen LogP contribution in [0.5, 0.6) is 5.75 Å². The predicted molar refractivity (Wildman–Crippen MR) is 120 cm³/mol. The monoisotopic (exact) mass is 437 g/mol. The quantitative estimate of drug-likeness (QED) is 0.587. The van der Waals surface area contributed by atoms with E-state index in [0.29, 0.717) is 25.5 Å². The Morgan fingerprint density at radius 2 is 1.84 bits per heavy atom. The molecule has 0 aliphatic carbocycles. The number of aryl methyl sites for hydroxylation is 1. The van der Waals surface area contributed by atoms with Crippen LogP contribution >= 0.6 is 0 Å². The third-order valence-electron chi connectivity index (χ3n) is 6.31. The number of H-pyrrole nitrogens is 1. The van der Waals surface area contributed by atoms with Crippen LogP contribution in [0.15, 0.2) is 48.5 Å². The molecule has 2 aromatic carbocycles. The summed E-state index contributed by atoms with van der Waals surface area (Å²) in [6, 6.07) is 14.2. The first-order chi connectivity index (χ1) is 15.5. The highest BCUT2D eigenvalue weighted by Crippen LogP contribution is 2.35. The molecule has 3 aromatic rings. The molecule has 0 bridgehead atoms. The molecule has 1 amide bonds. The van der Waals surface area contributed by atoms with Crippen molar-refractivity contribution in [1.82, 2.24) is 15.5 Å². The number of benzene rings is 2. The number of hydrogen-bond acceptors (Lipinski definition) is 4. The topological polar surface area (TPSA) is 76.2 Å². The first-order valence-corrected chi connectivity index (χ1v) is 10.8. The van der Waals surface area contributed by atoms with E-state index in [4.69, 9.17) is 9.47 Å². The highest BCUT2D eigenvalue weighted by Gasteiger charge is 2.35. The molecule has 1 saturated heterocycles. The van der Waals surface area contributed by atoms with Gasteiger partial charge in [-0.2, -0.15) is 5.10 Å². The molecule has 0 unspecified atom stereocenters. The minimum atomic E-state index is -0.305. The number of nitrogens with zero attached hydrogens (tertiary/aromatic N) is 1. The Labute approximate surface area is 187 Å². The molecular formula is C25H28FN3O3. The van der Waals surface area contributed by atoms with Crippen molar-refractivity contribution in [1.29, 1.82) is 0 Å². The zero-order valence-electron chi connectivity index (χ0n) is 18.4. The van der Waals surface area contributed by atoms with Crippen molar-refractivity contribution >= 4 is 5.91 Å². The van der Waals surface area contributed by atoms with E-state index >= 15 is 0 Å². The zero-order chi connectivity index (χ0) is 22.6. The van der Waals surface area contributed by atoms with Crippen LogP contribution in [0.2, 0.25) is 0 Å². The molecule has 2 N–H and O–H groups in total. The molecule has 168 valence electrons. The smallest absolute Gasteiger partial charge is 0.224 e. The number of carbonyl (C=O) groups excluding carboxylic acids is 1. The summed E-state index contributed by atoms with van der Waals surface area (Å²) in [5.74, 6) is 0.432. The number of carbonyl (C=O) groups is 1. The fourth-order valence-corrected chi connectivity index (χ4v) is 4.28. The Morgan fingerprint density at radius 1 is 1.16 bits per heavy atom. The molecule has 0 radical (unpaired) electrons. The van der Waals surface area contributed by atoms with Crippen molar-refractivity contribution in [3.63, 3.8) is 0 Å². The molecule has 0 atom stereocenters. The van der Waals surface area contributed by atoms with Crippen LogP contribution in [0, 0.1) is 12.7 Å². The second-order valence-corrected chi connectivity index (χ2v) is 8.26. The van der Waals surface area contributed by atoms with Crippen LogP contribution in [-0.4, -0.2) is 43.0 Å². The van der Waals surface area contributed by atoms with Crippen molar-refractivity contribution in [2.45, 2.75) is 31.6 Å². The maximum Gasteiger partial charge on any atom is 0.224 e. The summed E-state index contributed by atoms with van der Waals surface area (Å²) >= 11 is 0. The number of aromatic amines is 1. The van der Waals surface area contributed by atoms with E-state index in [1.54, 1.807) is 19.2 Å². The Balaban J connectivity index is 1.49. The molecule has 1 aliphatic heterocycles. The predicted octanol–water partition coefficient (Wildman–Crippen LogP) is 3.94. The maximum absolute atomic E-state index is 13.3. The molecular weight excluding hydrogens is 409 g/mol. The summed E-state index contributed by atoms with van der Waals surface area (Å²) in [5, 5.41) is 10.4. The molecule has 1 fully saturated rings. The minimum Gasteiger partial charge on any atom is -0.497 e. The molecule has 0 spiro atoms. The van der Waals surface area contributed by atoms with Gasteiger partial charge < -0.3 is 14.8 Å². The Kier molecular flexibility index (Phi) is 6.55. The second-order valence-electron chi connectivity index (χ2n) is 8.26. The fraction of sp³-hybridized carbons (Fsp3) is 0.360. The van der Waals surface area contributed by atoms with Gasteiger partial charge in [0.1, 0.15) is 11.6 Å². The van der Waals surface area contributed by atoms with E-state index in [-0.39, 0.29) is 23.6 Å². The summed E-state index contributed by atoms with van der Waals surface area (Å²) in [6.07, 6.45) is 1.88. The van der Waals surface area contributed by atoms with E-state index in [9.17, 15) is 9.18 Å². The highest BCUT2D eigenvalue weighted by atomic mass is 19.1. The first kappa shape index (κ1) is 22.0. The lowest BCUT2D eigenvalue weighted by atomic mass is 9.74. The summed E-state index contributed by atoms with van der Waals surface area (Å²) in [6.45, 7) is 3.75. The normalized spacial score (nSPS) is 15.3. The van der Waals surface area contributed by atoms with Gasteiger partial charge in [-0.15, -0.1) is 0 Å². The molecule has 4 rings (SSSR count). The maximum atomic E-state index is 13.3. The van der Waals surface area contributed by atoms with Gasteiger partial charge in [-0.3, -0.25) is 9.89 Å². The SMILES string of the molecule is COc1ccc(C2(CNC(=O)Cc3c(-c4ccc(F)cc4)n[nH]c3C)CCOCC2)cc1. The van der Waals surface area contributed by atoms with Crippen molar-refractivity contribution < 1.29 is 18.7 Å². The average Bonchev–Trinajstić information content (AvgIpc) is 3.19. The zero-order valence-corrected chi connectivity index (χ0v) is 18.4. The first-order valence-electron chi connectivity index (χ1n) is 10.8. The molecule has 0 saturated carbocycles. The molecule has 32 heavy (non-hydrogen) atoms. The number of halogens is 1. The fourth-order valence-electron chi connectivity index (χ4n) is 4.28. The molecule has 1 aromatic heterocycles. The summed E-state index contributed by atoms with van der Waals surface area (Å²) < 4.78 is 24.2. The van der Waals surface area contributed by atoms with Gasteiger partial charge in [-0.25, -0.2) is 4.39 Å². The Bertz CT molecular complexity index is 1060.